The van der Waals surface area contributed by atoms with Gasteiger partial charge in [-0.1, -0.05) is 0 Å². The van der Waals surface area contributed by atoms with Crippen molar-refractivity contribution < 1.29 is 88.7 Å². The molecule has 0 aliphatic heterocycles. The molecular formula is C12H32Cl2O4Ti2-2. The molecule has 4 N–H and O–H groups in total. The van der Waals surface area contributed by atoms with Crippen molar-refractivity contribution in [3.63, 3.8) is 0 Å². The van der Waals surface area contributed by atoms with E-state index in [1.54, 1.807) is 55.4 Å². The Balaban J connectivity index is -0.0000000150. The van der Waals surface area contributed by atoms with E-state index >= 15 is 0 Å². The first-order valence-corrected chi connectivity index (χ1v) is 5.65. The summed E-state index contributed by atoms with van der Waals surface area (Å²) in [6.45, 7) is 13.8. The summed E-state index contributed by atoms with van der Waals surface area (Å²) in [6.07, 6.45) is -0.667. The molecular weight excluding hydrogens is 375 g/mol. The molecule has 0 unspecified atom stereocenters. The number of rotatable bonds is 0. The maximum Gasteiger partial charge on any atom is 0.0483 e. The second-order valence-corrected chi connectivity index (χ2v) is 4.37. The van der Waals surface area contributed by atoms with E-state index in [1.807, 2.05) is 0 Å². The molecule has 0 aromatic heterocycles. The Morgan fingerprint density at radius 1 is 0.400 bits per heavy atom. The minimum atomic E-state index is -0.167. The summed E-state index contributed by atoms with van der Waals surface area (Å²) < 4.78 is 0. The minimum Gasteiger partial charge on any atom is -1.00 e. The van der Waals surface area contributed by atoms with Gasteiger partial charge in [0.2, 0.25) is 0 Å². The van der Waals surface area contributed by atoms with E-state index in [-0.39, 0.29) is 92.7 Å². The SMILES string of the molecule is CC(C)O.CC(C)O.CC(C)O.CC(C)O.[Cl-].[Cl-].[Ti].[Ti]. The van der Waals surface area contributed by atoms with Gasteiger partial charge in [0, 0.05) is 67.9 Å². The molecule has 0 aromatic carbocycles. The summed E-state index contributed by atoms with van der Waals surface area (Å²) in [5.41, 5.74) is 0. The fourth-order valence-corrected chi connectivity index (χ4v) is 0. The smallest absolute Gasteiger partial charge is 0.0483 e. The van der Waals surface area contributed by atoms with Crippen molar-refractivity contribution in [3.05, 3.63) is 0 Å². The second-order valence-electron chi connectivity index (χ2n) is 4.37. The average Bonchev–Trinajstić information content (AvgIpc) is 1.76. The van der Waals surface area contributed by atoms with Gasteiger partial charge >= 0.3 is 0 Å². The van der Waals surface area contributed by atoms with Gasteiger partial charge in [0.1, 0.15) is 0 Å². The van der Waals surface area contributed by atoms with E-state index in [9.17, 15) is 0 Å². The van der Waals surface area contributed by atoms with Crippen molar-refractivity contribution in [3.8, 4) is 0 Å². The van der Waals surface area contributed by atoms with Crippen LogP contribution in [-0.2, 0) is 43.4 Å². The number of hydrogen-bond donors (Lipinski definition) is 4. The Bertz CT molecular complexity index is 74.4. The quantitative estimate of drug-likeness (QED) is 0.306. The van der Waals surface area contributed by atoms with Gasteiger partial charge in [0.05, 0.1) is 0 Å². The van der Waals surface area contributed by atoms with Crippen LogP contribution >= 0.6 is 0 Å². The summed E-state index contributed by atoms with van der Waals surface area (Å²) in [6, 6.07) is 0. The Morgan fingerprint density at radius 3 is 0.400 bits per heavy atom. The Morgan fingerprint density at radius 2 is 0.400 bits per heavy atom. The molecule has 0 rings (SSSR count). The summed E-state index contributed by atoms with van der Waals surface area (Å²) >= 11 is 0. The number of hydrogen-bond acceptors (Lipinski definition) is 4. The van der Waals surface area contributed by atoms with E-state index < -0.39 is 0 Å². The molecule has 0 saturated carbocycles. The van der Waals surface area contributed by atoms with Crippen molar-refractivity contribution in [1.29, 1.82) is 0 Å². The van der Waals surface area contributed by atoms with Crippen LogP contribution in [0.3, 0.4) is 0 Å². The van der Waals surface area contributed by atoms with Crippen LogP contribution in [-0.4, -0.2) is 44.8 Å². The van der Waals surface area contributed by atoms with Crippen molar-refractivity contribution >= 4 is 0 Å². The zero-order chi connectivity index (χ0) is 14.3. The molecule has 128 valence electrons. The Kier molecular flexibility index (Phi) is 106. The van der Waals surface area contributed by atoms with Crippen LogP contribution in [0.25, 0.3) is 0 Å². The van der Waals surface area contributed by atoms with Crippen molar-refractivity contribution in [1.82, 2.24) is 0 Å². The van der Waals surface area contributed by atoms with Gasteiger partial charge in [0.25, 0.3) is 0 Å². The largest absolute Gasteiger partial charge is 1.00 e. The van der Waals surface area contributed by atoms with E-state index in [0.29, 0.717) is 0 Å². The van der Waals surface area contributed by atoms with Crippen LogP contribution < -0.4 is 24.8 Å². The Labute approximate surface area is 167 Å². The normalized spacial score (nSPS) is 7.20. The van der Waals surface area contributed by atoms with E-state index in [4.69, 9.17) is 20.4 Å². The fraction of sp³-hybridized carbons (Fsp3) is 1.00. The van der Waals surface area contributed by atoms with Gasteiger partial charge in [-0.25, -0.2) is 0 Å². The predicted molar refractivity (Wildman–Crippen MR) is 69.4 cm³/mol. The number of aliphatic hydroxyl groups is 4. The van der Waals surface area contributed by atoms with Crippen LogP contribution in [0.1, 0.15) is 55.4 Å². The fourth-order valence-electron chi connectivity index (χ4n) is 0. The number of aliphatic hydroxyl groups excluding tert-OH is 4. The first-order chi connectivity index (χ1) is 6.93. The maximum absolute atomic E-state index is 8.06. The first-order valence-electron chi connectivity index (χ1n) is 5.65. The summed E-state index contributed by atoms with van der Waals surface area (Å²) in [5.74, 6) is 0. The van der Waals surface area contributed by atoms with E-state index in [0.717, 1.165) is 0 Å². The molecule has 0 aromatic rings. The topological polar surface area (TPSA) is 80.9 Å². The van der Waals surface area contributed by atoms with Crippen molar-refractivity contribution in [2.45, 2.75) is 79.8 Å². The molecule has 0 atom stereocenters. The molecule has 0 saturated heterocycles. The molecule has 20 heavy (non-hydrogen) atoms. The molecule has 0 spiro atoms. The third-order valence-corrected chi connectivity index (χ3v) is 0. The van der Waals surface area contributed by atoms with Crippen LogP contribution in [0.15, 0.2) is 0 Å². The minimum absolute atomic E-state index is 0. The van der Waals surface area contributed by atoms with E-state index in [2.05, 4.69) is 0 Å². The first kappa shape index (κ1) is 49.5. The predicted octanol–water partition coefficient (Wildman–Crippen LogP) is -4.45. The molecule has 4 nitrogen and oxygen atoms in total. The monoisotopic (exact) mass is 406 g/mol. The maximum atomic E-state index is 8.06. The van der Waals surface area contributed by atoms with Crippen molar-refractivity contribution in [2.75, 3.05) is 0 Å². The molecule has 0 amide bonds. The van der Waals surface area contributed by atoms with Crippen LogP contribution in [0, 0.1) is 0 Å². The summed E-state index contributed by atoms with van der Waals surface area (Å²) in [7, 11) is 0. The molecule has 8 heteroatoms. The van der Waals surface area contributed by atoms with Gasteiger partial charge in [-0.05, 0) is 55.4 Å². The average molecular weight is 407 g/mol. The van der Waals surface area contributed by atoms with Gasteiger partial charge in [-0.2, -0.15) is 0 Å². The molecule has 0 fully saturated rings. The molecule has 0 aliphatic rings. The molecule has 0 aliphatic carbocycles. The summed E-state index contributed by atoms with van der Waals surface area (Å²) in [5, 5.41) is 32.2. The molecule has 0 bridgehead atoms. The second kappa shape index (κ2) is 42.8. The summed E-state index contributed by atoms with van der Waals surface area (Å²) in [4.78, 5) is 0. The molecule has 0 heterocycles. The Hall–Kier alpha value is 1.85. The van der Waals surface area contributed by atoms with Gasteiger partial charge in [-0.15, -0.1) is 0 Å². The molecule has 0 radical (unpaired) electrons. The van der Waals surface area contributed by atoms with Gasteiger partial charge < -0.3 is 45.2 Å². The van der Waals surface area contributed by atoms with Crippen LogP contribution in [0.5, 0.6) is 0 Å². The van der Waals surface area contributed by atoms with Crippen LogP contribution in [0.4, 0.5) is 0 Å². The van der Waals surface area contributed by atoms with Gasteiger partial charge in [-0.3, -0.25) is 0 Å². The number of halogens is 2. The van der Waals surface area contributed by atoms with Gasteiger partial charge in [0.15, 0.2) is 0 Å². The zero-order valence-corrected chi connectivity index (χ0v) is 18.5. The standard InChI is InChI=1S/4C3H8O.2ClH.2Ti/c4*1-3(2)4;;;;/h4*3-4H,1-2H3;2*1H;;/p-2. The zero-order valence-electron chi connectivity index (χ0n) is 13.9. The van der Waals surface area contributed by atoms with Crippen molar-refractivity contribution in [2.24, 2.45) is 0 Å². The third kappa shape index (κ3) is 2060. The van der Waals surface area contributed by atoms with E-state index in [1.165, 1.54) is 0 Å². The third-order valence-electron chi connectivity index (χ3n) is 0. The van der Waals surface area contributed by atoms with Crippen LogP contribution in [0.2, 0.25) is 0 Å².